The van der Waals surface area contributed by atoms with E-state index >= 15 is 0 Å². The minimum Gasteiger partial charge on any atom is -0.486 e. The van der Waals surface area contributed by atoms with Crippen molar-refractivity contribution in [2.45, 2.75) is 6.10 Å². The maximum Gasteiger partial charge on any atom is 0.414 e. The van der Waals surface area contributed by atoms with Crippen LogP contribution in [0.2, 0.25) is 0 Å². The Hall–Kier alpha value is -3.85. The van der Waals surface area contributed by atoms with Crippen LogP contribution in [-0.2, 0) is 9.47 Å². The number of rotatable bonds is 7. The van der Waals surface area contributed by atoms with Gasteiger partial charge >= 0.3 is 6.09 Å². The van der Waals surface area contributed by atoms with Crippen LogP contribution in [0.15, 0.2) is 48.7 Å². The van der Waals surface area contributed by atoms with E-state index in [1.165, 1.54) is 0 Å². The van der Waals surface area contributed by atoms with E-state index in [0.29, 0.717) is 56.0 Å². The third kappa shape index (κ3) is 4.54. The number of nitrogens with zero attached hydrogens (tertiary/aromatic N) is 3. The number of hydrogen-bond acceptors (Lipinski definition) is 8. The Balaban J connectivity index is 1.16. The van der Waals surface area contributed by atoms with Gasteiger partial charge in [-0.05, 0) is 24.3 Å². The Morgan fingerprint density at radius 1 is 1.15 bits per heavy atom. The van der Waals surface area contributed by atoms with Crippen LogP contribution in [-0.4, -0.2) is 62.2 Å². The highest BCUT2D eigenvalue weighted by atomic mass is 16.6. The van der Waals surface area contributed by atoms with Crippen molar-refractivity contribution in [2.75, 3.05) is 45.0 Å². The molecule has 170 valence electrons. The molecule has 2 aliphatic rings. The average molecular weight is 449 g/mol. The number of carbonyl (C=O) groups is 1. The third-order valence-corrected chi connectivity index (χ3v) is 5.33. The van der Waals surface area contributed by atoms with Gasteiger partial charge in [-0.1, -0.05) is 12.2 Å². The second-order valence-corrected chi connectivity index (χ2v) is 7.51. The smallest absolute Gasteiger partial charge is 0.414 e. The Morgan fingerprint density at radius 2 is 2.03 bits per heavy atom. The molecule has 0 saturated carbocycles. The number of ether oxygens (including phenoxy) is 5. The van der Waals surface area contributed by atoms with Gasteiger partial charge in [0.15, 0.2) is 11.5 Å². The van der Waals surface area contributed by atoms with Gasteiger partial charge in [0.25, 0.3) is 0 Å². The van der Waals surface area contributed by atoms with E-state index in [4.69, 9.17) is 23.7 Å². The van der Waals surface area contributed by atoms with Gasteiger partial charge in [0, 0.05) is 23.9 Å². The lowest BCUT2D eigenvalue weighted by Crippen LogP contribution is -2.26. The van der Waals surface area contributed by atoms with E-state index in [1.54, 1.807) is 36.4 Å². The molecule has 1 fully saturated rings. The Morgan fingerprint density at radius 3 is 2.91 bits per heavy atom. The molecule has 2 aromatic heterocycles. The lowest BCUT2D eigenvalue weighted by Gasteiger charge is -2.20. The fourth-order valence-electron chi connectivity index (χ4n) is 3.74. The van der Waals surface area contributed by atoms with Crippen LogP contribution in [0.5, 0.6) is 17.4 Å². The normalized spacial score (nSPS) is 17.5. The molecule has 0 spiro atoms. The summed E-state index contributed by atoms with van der Waals surface area (Å²) >= 11 is 0. The number of amides is 1. The molecule has 2 aliphatic heterocycles. The van der Waals surface area contributed by atoms with Crippen molar-refractivity contribution in [2.24, 2.45) is 0 Å². The molecule has 9 heteroatoms. The fraction of sp³-hybridized carbons (Fsp3) is 0.292. The van der Waals surface area contributed by atoms with Crippen molar-refractivity contribution >= 4 is 28.9 Å². The number of cyclic esters (lactones) is 1. The van der Waals surface area contributed by atoms with E-state index in [0.717, 1.165) is 16.6 Å². The van der Waals surface area contributed by atoms with Gasteiger partial charge < -0.3 is 23.7 Å². The molecule has 1 aromatic carbocycles. The van der Waals surface area contributed by atoms with Crippen molar-refractivity contribution in [1.82, 2.24) is 9.97 Å². The minimum atomic E-state index is -0.404. The van der Waals surface area contributed by atoms with Gasteiger partial charge in [-0.15, -0.1) is 0 Å². The van der Waals surface area contributed by atoms with Gasteiger partial charge in [0.2, 0.25) is 5.88 Å². The summed E-state index contributed by atoms with van der Waals surface area (Å²) in [4.78, 5) is 22.7. The maximum atomic E-state index is 12.3. The molecule has 0 bridgehead atoms. The quantitative estimate of drug-likeness (QED) is 0.507. The zero-order valence-corrected chi connectivity index (χ0v) is 18.1. The van der Waals surface area contributed by atoms with Crippen LogP contribution in [0.4, 0.5) is 10.5 Å². The summed E-state index contributed by atoms with van der Waals surface area (Å²) in [5.41, 5.74) is 3.17. The summed E-state index contributed by atoms with van der Waals surface area (Å²) in [6, 6.07) is 11.0. The molecule has 4 heterocycles. The van der Waals surface area contributed by atoms with Crippen molar-refractivity contribution in [3.8, 4) is 17.4 Å². The van der Waals surface area contributed by atoms with E-state index in [2.05, 4.69) is 9.97 Å². The standard InChI is InChI=1S/C24H23N3O6/c1-29-22-7-5-19-23(26-22)16(8-9-25-19)3-2-10-30-15-18-14-27(24(28)33-18)17-4-6-20-21(13-17)32-12-11-31-20/h2-9,13,18H,10-12,14-15H2,1H3/t18-/m0/s1. The van der Waals surface area contributed by atoms with Crippen molar-refractivity contribution in [1.29, 1.82) is 0 Å². The third-order valence-electron chi connectivity index (χ3n) is 5.33. The molecule has 5 rings (SSSR count). The van der Waals surface area contributed by atoms with Gasteiger partial charge in [0.1, 0.15) is 19.3 Å². The molecule has 1 amide bonds. The predicted octanol–water partition coefficient (Wildman–Crippen LogP) is 3.46. The molecular weight excluding hydrogens is 426 g/mol. The van der Waals surface area contributed by atoms with Gasteiger partial charge in [-0.2, -0.15) is 0 Å². The highest BCUT2D eigenvalue weighted by molar-refractivity contribution is 5.90. The molecule has 1 atom stereocenters. The number of hydrogen-bond donors (Lipinski definition) is 0. The minimum absolute atomic E-state index is 0.292. The molecule has 0 unspecified atom stereocenters. The Labute approximate surface area is 190 Å². The van der Waals surface area contributed by atoms with E-state index < -0.39 is 6.09 Å². The largest absolute Gasteiger partial charge is 0.486 e. The van der Waals surface area contributed by atoms with Crippen LogP contribution in [0.1, 0.15) is 5.56 Å². The van der Waals surface area contributed by atoms with Crippen molar-refractivity contribution < 1.29 is 28.5 Å². The zero-order chi connectivity index (χ0) is 22.6. The van der Waals surface area contributed by atoms with Crippen LogP contribution < -0.4 is 19.1 Å². The molecule has 0 N–H and O–H groups in total. The summed E-state index contributed by atoms with van der Waals surface area (Å²) in [6.07, 6.45) is 4.80. The average Bonchev–Trinajstić information content (AvgIpc) is 3.23. The SMILES string of the molecule is COc1ccc2nccc(C=CCOC[C@@H]3CN(c4ccc5c(c4)OCCO5)C(=O)O3)c2n1. The Bertz CT molecular complexity index is 1200. The topological polar surface area (TPSA) is 92.2 Å². The lowest BCUT2D eigenvalue weighted by atomic mass is 10.2. The van der Waals surface area contributed by atoms with Crippen LogP contribution >= 0.6 is 0 Å². The van der Waals surface area contributed by atoms with Gasteiger partial charge in [-0.25, -0.2) is 9.78 Å². The summed E-state index contributed by atoms with van der Waals surface area (Å²) in [5.74, 6) is 1.85. The molecular formula is C24H23N3O6. The fourth-order valence-corrected chi connectivity index (χ4v) is 3.74. The zero-order valence-electron chi connectivity index (χ0n) is 18.1. The second-order valence-electron chi connectivity index (χ2n) is 7.51. The van der Waals surface area contributed by atoms with Crippen molar-refractivity contribution in [3.63, 3.8) is 0 Å². The number of anilines is 1. The highest BCUT2D eigenvalue weighted by Crippen LogP contribution is 2.35. The molecule has 9 nitrogen and oxygen atoms in total. The first-order valence-corrected chi connectivity index (χ1v) is 10.6. The number of fused-ring (bicyclic) bond motifs is 2. The van der Waals surface area contributed by atoms with E-state index in [1.807, 2.05) is 30.4 Å². The molecule has 0 aliphatic carbocycles. The highest BCUT2D eigenvalue weighted by Gasteiger charge is 2.33. The number of carbonyl (C=O) groups excluding carboxylic acids is 1. The first-order chi connectivity index (χ1) is 16.2. The number of pyridine rings is 2. The van der Waals surface area contributed by atoms with E-state index in [-0.39, 0.29) is 6.10 Å². The van der Waals surface area contributed by atoms with Crippen LogP contribution in [0.25, 0.3) is 17.1 Å². The summed E-state index contributed by atoms with van der Waals surface area (Å²) < 4.78 is 27.5. The molecule has 0 radical (unpaired) electrons. The van der Waals surface area contributed by atoms with Crippen LogP contribution in [0.3, 0.4) is 0 Å². The number of aromatic nitrogens is 2. The maximum absolute atomic E-state index is 12.3. The Kier molecular flexibility index (Phi) is 5.95. The van der Waals surface area contributed by atoms with Gasteiger partial charge in [-0.3, -0.25) is 9.88 Å². The molecule has 33 heavy (non-hydrogen) atoms. The van der Waals surface area contributed by atoms with Gasteiger partial charge in [0.05, 0.1) is 43.6 Å². The summed E-state index contributed by atoms with van der Waals surface area (Å²) in [7, 11) is 1.58. The molecule has 1 saturated heterocycles. The number of methoxy groups -OCH3 is 1. The van der Waals surface area contributed by atoms with Crippen LogP contribution in [0, 0.1) is 0 Å². The van der Waals surface area contributed by atoms with Crippen molar-refractivity contribution in [3.05, 3.63) is 54.2 Å². The monoisotopic (exact) mass is 449 g/mol. The summed E-state index contributed by atoms with van der Waals surface area (Å²) in [6.45, 7) is 2.07. The summed E-state index contributed by atoms with van der Waals surface area (Å²) in [5, 5.41) is 0. The first-order valence-electron chi connectivity index (χ1n) is 10.6. The second kappa shape index (κ2) is 9.33. The number of benzene rings is 1. The van der Waals surface area contributed by atoms with E-state index in [9.17, 15) is 4.79 Å². The molecule has 3 aromatic rings. The first kappa shape index (κ1) is 21.0. The predicted molar refractivity (Wildman–Crippen MR) is 121 cm³/mol. The lowest BCUT2D eigenvalue weighted by molar-refractivity contribution is 0.0580.